The van der Waals surface area contributed by atoms with Crippen LogP contribution < -0.4 is 5.56 Å². The lowest BCUT2D eigenvalue weighted by atomic mass is 9.98. The van der Waals surface area contributed by atoms with E-state index >= 15 is 0 Å². The highest BCUT2D eigenvalue weighted by Crippen LogP contribution is 2.39. The molecule has 3 aromatic rings. The largest absolute Gasteiger partial charge is 0.422 e. The zero-order valence-electron chi connectivity index (χ0n) is 17.4. The van der Waals surface area contributed by atoms with E-state index in [9.17, 15) is 66.7 Å². The molecule has 0 saturated heterocycles. The van der Waals surface area contributed by atoms with Gasteiger partial charge in [-0.15, -0.1) is 0 Å². The third kappa shape index (κ3) is 4.81. The number of benzene rings is 2. The number of rotatable bonds is 3. The van der Waals surface area contributed by atoms with Gasteiger partial charge in [0.1, 0.15) is 16.8 Å². The first kappa shape index (κ1) is 27.8. The van der Waals surface area contributed by atoms with Gasteiger partial charge in [-0.05, 0) is 25.1 Å². The minimum atomic E-state index is -5.92. The van der Waals surface area contributed by atoms with Gasteiger partial charge in [0.15, 0.2) is 23.3 Å². The molecule has 0 atom stereocenters. The van der Waals surface area contributed by atoms with Crippen LogP contribution in [0.1, 0.15) is 38.3 Å². The van der Waals surface area contributed by atoms with Gasteiger partial charge in [0.25, 0.3) is 5.56 Å². The van der Waals surface area contributed by atoms with Gasteiger partial charge >= 0.3 is 18.5 Å². The number of nitrogens with one attached hydrogen (secondary N) is 1. The van der Waals surface area contributed by atoms with Crippen molar-refractivity contribution in [2.75, 3.05) is 0 Å². The fourth-order valence-corrected chi connectivity index (χ4v) is 3.27. The number of ketones is 1. The van der Waals surface area contributed by atoms with Gasteiger partial charge < -0.3 is 0 Å². The van der Waals surface area contributed by atoms with E-state index in [2.05, 4.69) is 0 Å². The summed E-state index contributed by atoms with van der Waals surface area (Å²) in [5, 5.41) is 1.71. The maximum atomic E-state index is 14.3. The van der Waals surface area contributed by atoms with E-state index in [0.29, 0.717) is 0 Å². The van der Waals surface area contributed by atoms with Crippen LogP contribution in [0.5, 0.6) is 0 Å². The molecule has 200 valence electrons. The zero-order valence-corrected chi connectivity index (χ0v) is 17.4. The number of carbonyl (C=O) groups excluding carboxylic acids is 1. The SMILES string of the molecule is Cc1[nH]n(-c2c(F)c(F)c(C(F)(F)F)c(F)c2F)c(=O)c1C(=O)c1cc(C(F)(F)F)cc(C(F)(F)F)c1. The van der Waals surface area contributed by atoms with Crippen LogP contribution in [-0.2, 0) is 18.5 Å². The fraction of sp³-hybridized carbons (Fsp3) is 0.200. The molecule has 1 heterocycles. The molecular formula is C20H7F13N2O2. The van der Waals surface area contributed by atoms with Gasteiger partial charge in [-0.3, -0.25) is 14.7 Å². The number of aryl methyl sites for hydroxylation is 1. The second-order valence-electron chi connectivity index (χ2n) is 7.35. The van der Waals surface area contributed by atoms with Crippen LogP contribution >= 0.6 is 0 Å². The van der Waals surface area contributed by atoms with E-state index in [1.54, 1.807) is 5.10 Å². The summed E-state index contributed by atoms with van der Waals surface area (Å²) >= 11 is 0. The quantitative estimate of drug-likeness (QED) is 0.234. The van der Waals surface area contributed by atoms with Gasteiger partial charge in [-0.2, -0.15) is 39.5 Å². The van der Waals surface area contributed by atoms with Crippen LogP contribution in [0, 0.1) is 30.2 Å². The third-order valence-electron chi connectivity index (χ3n) is 4.90. The minimum absolute atomic E-state index is 0.0631. The molecule has 0 aliphatic rings. The highest BCUT2D eigenvalue weighted by Gasteiger charge is 2.43. The van der Waals surface area contributed by atoms with Crippen molar-refractivity contribution in [2.24, 2.45) is 0 Å². The van der Waals surface area contributed by atoms with Crippen molar-refractivity contribution in [3.63, 3.8) is 0 Å². The molecule has 0 amide bonds. The lowest BCUT2D eigenvalue weighted by Crippen LogP contribution is -2.25. The number of H-pyrrole nitrogens is 1. The molecule has 1 N–H and O–H groups in total. The number of hydrogen-bond acceptors (Lipinski definition) is 2. The topological polar surface area (TPSA) is 54.9 Å². The Morgan fingerprint density at radius 2 is 1.16 bits per heavy atom. The molecule has 0 radical (unpaired) electrons. The monoisotopic (exact) mass is 554 g/mol. The highest BCUT2D eigenvalue weighted by atomic mass is 19.4. The number of nitrogens with zero attached hydrogens (tertiary/aromatic N) is 1. The lowest BCUT2D eigenvalue weighted by Gasteiger charge is -2.14. The summed E-state index contributed by atoms with van der Waals surface area (Å²) in [5.41, 5.74) is -14.4. The minimum Gasteiger partial charge on any atom is -0.294 e. The summed E-state index contributed by atoms with van der Waals surface area (Å²) in [6.45, 7) is 0.760. The molecule has 37 heavy (non-hydrogen) atoms. The summed E-state index contributed by atoms with van der Waals surface area (Å²) < 4.78 is 173. The summed E-state index contributed by atoms with van der Waals surface area (Å²) in [6.07, 6.45) is -16.7. The van der Waals surface area contributed by atoms with E-state index in [4.69, 9.17) is 0 Å². The predicted octanol–water partition coefficient (Wildman–Crippen LogP) is 6.32. The van der Waals surface area contributed by atoms with E-state index in [0.717, 1.165) is 6.92 Å². The first-order chi connectivity index (χ1) is 16.7. The van der Waals surface area contributed by atoms with Crippen molar-refractivity contribution < 1.29 is 61.9 Å². The lowest BCUT2D eigenvalue weighted by molar-refractivity contribution is -0.144. The van der Waals surface area contributed by atoms with Crippen molar-refractivity contribution in [1.29, 1.82) is 0 Å². The molecule has 1 aromatic heterocycles. The molecule has 0 spiro atoms. The third-order valence-corrected chi connectivity index (χ3v) is 4.90. The summed E-state index contributed by atoms with van der Waals surface area (Å²) in [5.74, 6) is -13.3. The van der Waals surface area contributed by atoms with E-state index < -0.39 is 97.0 Å². The van der Waals surface area contributed by atoms with Crippen molar-refractivity contribution in [3.8, 4) is 5.69 Å². The molecule has 0 unspecified atom stereocenters. The maximum Gasteiger partial charge on any atom is 0.422 e. The van der Waals surface area contributed by atoms with Crippen LogP contribution in [0.4, 0.5) is 57.1 Å². The van der Waals surface area contributed by atoms with E-state index in [1.165, 1.54) is 0 Å². The van der Waals surface area contributed by atoms with E-state index in [-0.39, 0.29) is 18.2 Å². The van der Waals surface area contributed by atoms with Crippen molar-refractivity contribution in [2.45, 2.75) is 25.5 Å². The normalized spacial score (nSPS) is 12.8. The smallest absolute Gasteiger partial charge is 0.294 e. The Hall–Kier alpha value is -3.79. The van der Waals surface area contributed by atoms with Crippen molar-refractivity contribution in [3.05, 3.63) is 85.3 Å². The second kappa shape index (κ2) is 8.65. The molecule has 0 aliphatic heterocycles. The van der Waals surface area contributed by atoms with Crippen LogP contribution in [-0.4, -0.2) is 15.6 Å². The van der Waals surface area contributed by atoms with Crippen molar-refractivity contribution in [1.82, 2.24) is 9.78 Å². The first-order valence-electron chi connectivity index (χ1n) is 9.27. The molecule has 2 aromatic carbocycles. The Labute approximate surface area is 194 Å². The molecule has 17 heteroatoms. The van der Waals surface area contributed by atoms with Crippen LogP contribution in [0.3, 0.4) is 0 Å². The Bertz CT molecular complexity index is 1410. The van der Waals surface area contributed by atoms with Gasteiger partial charge in [-0.1, -0.05) is 0 Å². The first-order valence-corrected chi connectivity index (χ1v) is 9.27. The highest BCUT2D eigenvalue weighted by molar-refractivity contribution is 6.09. The summed E-state index contributed by atoms with van der Waals surface area (Å²) in [6, 6.07) is -0.462. The summed E-state index contributed by atoms with van der Waals surface area (Å²) in [7, 11) is 0. The molecule has 3 rings (SSSR count). The molecular weight excluding hydrogens is 547 g/mol. The fourth-order valence-electron chi connectivity index (χ4n) is 3.27. The number of halogens is 13. The van der Waals surface area contributed by atoms with Gasteiger partial charge in [-0.25, -0.2) is 22.2 Å². The summed E-state index contributed by atoms with van der Waals surface area (Å²) in [4.78, 5) is 25.4. The van der Waals surface area contributed by atoms with Crippen molar-refractivity contribution >= 4 is 5.78 Å². The Balaban J connectivity index is 2.28. The van der Waals surface area contributed by atoms with Gasteiger partial charge in [0.2, 0.25) is 5.78 Å². The number of aromatic nitrogens is 2. The average Bonchev–Trinajstić information content (AvgIpc) is 3.03. The number of aromatic amines is 1. The molecule has 4 nitrogen and oxygen atoms in total. The number of alkyl halides is 9. The second-order valence-corrected chi connectivity index (χ2v) is 7.35. The van der Waals surface area contributed by atoms with Gasteiger partial charge in [0, 0.05) is 11.3 Å². The molecule has 0 fully saturated rings. The van der Waals surface area contributed by atoms with E-state index in [1.807, 2.05) is 0 Å². The molecule has 0 aliphatic carbocycles. The standard InChI is InChI=1S/C20H7F13N2O2/c1-5-9(16(36)6-2-7(18(25,26)27)4-8(3-6)19(28,29)30)17(37)35(34-5)15-13(23)11(21)10(20(31,32)33)12(22)14(15)24/h2-4,34H,1H3. The number of carbonyl (C=O) groups is 1. The Morgan fingerprint density at radius 3 is 1.54 bits per heavy atom. The van der Waals surface area contributed by atoms with Gasteiger partial charge in [0.05, 0.1) is 11.1 Å². The van der Waals surface area contributed by atoms with Crippen LogP contribution in [0.25, 0.3) is 5.69 Å². The van der Waals surface area contributed by atoms with Crippen LogP contribution in [0.15, 0.2) is 23.0 Å². The molecule has 0 saturated carbocycles. The van der Waals surface area contributed by atoms with Crippen LogP contribution in [0.2, 0.25) is 0 Å². The molecule has 0 bridgehead atoms. The Kier molecular flexibility index (Phi) is 6.50. The average molecular weight is 554 g/mol. The maximum absolute atomic E-state index is 14.3. The number of hydrogen-bond donors (Lipinski definition) is 1. The zero-order chi connectivity index (χ0) is 28.4. The Morgan fingerprint density at radius 1 is 0.730 bits per heavy atom. The predicted molar refractivity (Wildman–Crippen MR) is 95.8 cm³/mol.